The van der Waals surface area contributed by atoms with E-state index in [0.717, 1.165) is 16.5 Å². The monoisotopic (exact) mass is 444 g/mol. The van der Waals surface area contributed by atoms with E-state index in [2.05, 4.69) is 15.0 Å². The van der Waals surface area contributed by atoms with Gasteiger partial charge in [-0.15, -0.1) is 0 Å². The summed E-state index contributed by atoms with van der Waals surface area (Å²) in [6.07, 6.45) is 1.20. The number of rotatable bonds is 4. The van der Waals surface area contributed by atoms with Crippen LogP contribution in [-0.2, 0) is 4.74 Å². The van der Waals surface area contributed by atoms with E-state index in [0.29, 0.717) is 28.7 Å². The molecule has 2 aromatic carbocycles. The number of fused-ring (bicyclic) bond motifs is 1. The Bertz CT molecular complexity index is 1370. The van der Waals surface area contributed by atoms with Crippen LogP contribution in [0.1, 0.15) is 34.6 Å². The Kier molecular flexibility index (Phi) is 5.64. The maximum Gasteiger partial charge on any atom is 0.418 e. The van der Waals surface area contributed by atoms with Gasteiger partial charge in [0.1, 0.15) is 11.4 Å². The Morgan fingerprint density at radius 1 is 1.12 bits per heavy atom. The summed E-state index contributed by atoms with van der Waals surface area (Å²) in [4.78, 5) is 20.5. The average Bonchev–Trinajstić information content (AvgIpc) is 3.39. The molecule has 4 rings (SSSR count). The third kappa shape index (κ3) is 4.72. The first-order chi connectivity index (χ1) is 15.6. The Morgan fingerprint density at radius 2 is 1.88 bits per heavy atom. The molecule has 0 saturated heterocycles. The second kappa shape index (κ2) is 8.43. The molecule has 0 N–H and O–H groups in total. The van der Waals surface area contributed by atoms with Gasteiger partial charge in [0, 0.05) is 22.7 Å². The largest absolute Gasteiger partial charge is 0.502 e. The van der Waals surface area contributed by atoms with E-state index in [9.17, 15) is 4.79 Å². The summed E-state index contributed by atoms with van der Waals surface area (Å²) in [6, 6.07) is 12.5. The number of carbonyl (C=O) groups is 1. The van der Waals surface area contributed by atoms with Crippen molar-refractivity contribution in [3.05, 3.63) is 60.1 Å². The van der Waals surface area contributed by atoms with Crippen molar-refractivity contribution in [3.8, 4) is 28.6 Å². The molecule has 0 aliphatic carbocycles. The van der Waals surface area contributed by atoms with Gasteiger partial charge in [-0.05, 0) is 77.1 Å². The van der Waals surface area contributed by atoms with Crippen molar-refractivity contribution < 1.29 is 18.8 Å². The van der Waals surface area contributed by atoms with Crippen LogP contribution in [0.5, 0.6) is 5.75 Å². The molecule has 33 heavy (non-hydrogen) atoms. The van der Waals surface area contributed by atoms with Crippen molar-refractivity contribution in [3.63, 3.8) is 0 Å². The molecule has 2 heterocycles. The Labute approximate surface area is 191 Å². The molecule has 0 fully saturated rings. The molecule has 0 atom stereocenters. The second-order valence-electron chi connectivity index (χ2n) is 8.82. The molecule has 0 aliphatic rings. The molecule has 0 unspecified atom stereocenters. The van der Waals surface area contributed by atoms with Crippen LogP contribution in [0.25, 0.3) is 38.6 Å². The lowest BCUT2D eigenvalue weighted by molar-refractivity contribution is 0.0544. The first-order valence-corrected chi connectivity index (χ1v) is 10.5. The van der Waals surface area contributed by atoms with Crippen LogP contribution in [0.4, 0.5) is 10.5 Å². The zero-order valence-corrected chi connectivity index (χ0v) is 19.1. The molecule has 0 saturated carbocycles. The summed E-state index contributed by atoms with van der Waals surface area (Å²) >= 11 is 0. The first-order valence-electron chi connectivity index (χ1n) is 10.5. The standard InChI is InChI=1S/C25H24N4O4/c1-15(2)31-21-10-8-18(14-19(21)26-6)23-27-22(28-33-23)17-7-9-20-16(13-17)11-12-29(20)24(30)32-25(3,4)5/h7-15H,1-5H3. The van der Waals surface area contributed by atoms with Crippen molar-refractivity contribution in [2.45, 2.75) is 46.3 Å². The highest BCUT2D eigenvalue weighted by Crippen LogP contribution is 2.34. The SMILES string of the molecule is [C-]#[N+]c1cc(-c2nc(-c3ccc4c(ccn4C(=O)OC(C)(C)C)c3)no2)ccc1OC(C)C. The van der Waals surface area contributed by atoms with Crippen LogP contribution in [-0.4, -0.2) is 32.5 Å². The maximum absolute atomic E-state index is 12.5. The van der Waals surface area contributed by atoms with E-state index in [-0.39, 0.29) is 6.10 Å². The van der Waals surface area contributed by atoms with Crippen molar-refractivity contribution >= 4 is 22.7 Å². The molecule has 8 nitrogen and oxygen atoms in total. The third-order valence-corrected chi connectivity index (χ3v) is 4.65. The van der Waals surface area contributed by atoms with Gasteiger partial charge in [0.15, 0.2) is 0 Å². The highest BCUT2D eigenvalue weighted by Gasteiger charge is 2.20. The summed E-state index contributed by atoms with van der Waals surface area (Å²) in [6.45, 7) is 16.7. The van der Waals surface area contributed by atoms with E-state index in [1.54, 1.807) is 24.4 Å². The van der Waals surface area contributed by atoms with Crippen molar-refractivity contribution in [2.24, 2.45) is 0 Å². The summed E-state index contributed by atoms with van der Waals surface area (Å²) in [5.41, 5.74) is 1.89. The van der Waals surface area contributed by atoms with E-state index >= 15 is 0 Å². The molecule has 8 heteroatoms. The molecular weight excluding hydrogens is 420 g/mol. The predicted molar refractivity (Wildman–Crippen MR) is 124 cm³/mol. The van der Waals surface area contributed by atoms with E-state index < -0.39 is 11.7 Å². The fourth-order valence-corrected chi connectivity index (χ4v) is 3.30. The number of nitrogens with zero attached hydrogens (tertiary/aromatic N) is 4. The predicted octanol–water partition coefficient (Wildman–Crippen LogP) is 6.48. The third-order valence-electron chi connectivity index (χ3n) is 4.65. The number of aromatic nitrogens is 3. The number of hydrogen-bond donors (Lipinski definition) is 0. The number of carbonyl (C=O) groups excluding carboxylic acids is 1. The fraction of sp³-hybridized carbons (Fsp3) is 0.280. The van der Waals surface area contributed by atoms with Gasteiger partial charge in [-0.25, -0.2) is 9.64 Å². The molecule has 2 aromatic heterocycles. The molecule has 168 valence electrons. The molecule has 0 amide bonds. The van der Waals surface area contributed by atoms with Gasteiger partial charge in [0.05, 0.1) is 18.2 Å². The van der Waals surface area contributed by atoms with Crippen LogP contribution in [0.15, 0.2) is 53.2 Å². The van der Waals surface area contributed by atoms with Crippen LogP contribution in [0.2, 0.25) is 0 Å². The smallest absolute Gasteiger partial charge is 0.418 e. The highest BCUT2D eigenvalue weighted by molar-refractivity contribution is 5.91. The van der Waals surface area contributed by atoms with Crippen molar-refractivity contribution in [1.29, 1.82) is 0 Å². The summed E-state index contributed by atoms with van der Waals surface area (Å²) in [5.74, 6) is 1.23. The molecule has 0 aliphatic heterocycles. The number of benzene rings is 2. The molecule has 0 spiro atoms. The van der Waals surface area contributed by atoms with Gasteiger partial charge in [-0.1, -0.05) is 5.16 Å². The minimum atomic E-state index is -0.582. The van der Waals surface area contributed by atoms with E-state index in [4.69, 9.17) is 20.6 Å². The zero-order chi connectivity index (χ0) is 23.8. The van der Waals surface area contributed by atoms with Gasteiger partial charge < -0.3 is 14.0 Å². The van der Waals surface area contributed by atoms with E-state index in [1.165, 1.54) is 4.57 Å². The fourth-order valence-electron chi connectivity index (χ4n) is 3.30. The lowest BCUT2D eigenvalue weighted by Crippen LogP contribution is -2.26. The van der Waals surface area contributed by atoms with E-state index in [1.807, 2.05) is 58.9 Å². The minimum Gasteiger partial charge on any atom is -0.502 e. The summed E-state index contributed by atoms with van der Waals surface area (Å²) < 4.78 is 18.1. The first kappa shape index (κ1) is 22.1. The Hall–Kier alpha value is -4.12. The quantitative estimate of drug-likeness (QED) is 0.335. The maximum atomic E-state index is 12.5. The highest BCUT2D eigenvalue weighted by atomic mass is 16.6. The Balaban J connectivity index is 1.62. The van der Waals surface area contributed by atoms with Gasteiger partial charge in [-0.2, -0.15) is 4.98 Å². The van der Waals surface area contributed by atoms with Crippen molar-refractivity contribution in [1.82, 2.24) is 14.7 Å². The van der Waals surface area contributed by atoms with Gasteiger partial charge >= 0.3 is 6.09 Å². The minimum absolute atomic E-state index is 0.0357. The van der Waals surface area contributed by atoms with Crippen LogP contribution >= 0.6 is 0 Å². The lowest BCUT2D eigenvalue weighted by Gasteiger charge is -2.19. The second-order valence-corrected chi connectivity index (χ2v) is 8.82. The van der Waals surface area contributed by atoms with Gasteiger partial charge in [-0.3, -0.25) is 4.57 Å². The molecule has 0 radical (unpaired) electrons. The normalized spacial score (nSPS) is 11.5. The average molecular weight is 444 g/mol. The zero-order valence-electron chi connectivity index (χ0n) is 19.1. The van der Waals surface area contributed by atoms with Crippen LogP contribution in [0, 0.1) is 6.57 Å². The summed E-state index contributed by atoms with van der Waals surface area (Å²) in [5, 5.41) is 4.94. The van der Waals surface area contributed by atoms with Gasteiger partial charge in [0.2, 0.25) is 11.5 Å². The Morgan fingerprint density at radius 3 is 2.58 bits per heavy atom. The van der Waals surface area contributed by atoms with Crippen LogP contribution in [0.3, 0.4) is 0 Å². The molecule has 4 aromatic rings. The molecular formula is C25H24N4O4. The van der Waals surface area contributed by atoms with Crippen LogP contribution < -0.4 is 4.74 Å². The lowest BCUT2D eigenvalue weighted by atomic mass is 10.1. The number of hydrogen-bond acceptors (Lipinski definition) is 6. The number of ether oxygens (including phenoxy) is 2. The van der Waals surface area contributed by atoms with Crippen molar-refractivity contribution in [2.75, 3.05) is 0 Å². The molecule has 0 bridgehead atoms. The topological polar surface area (TPSA) is 83.7 Å². The summed E-state index contributed by atoms with van der Waals surface area (Å²) in [7, 11) is 0. The van der Waals surface area contributed by atoms with Gasteiger partial charge in [0.25, 0.3) is 5.89 Å².